The molecule has 0 fully saturated rings. The second kappa shape index (κ2) is 12.6. The third-order valence-corrected chi connectivity index (χ3v) is 8.07. The van der Waals surface area contributed by atoms with Gasteiger partial charge in [0.2, 0.25) is 5.91 Å². The van der Waals surface area contributed by atoms with Gasteiger partial charge in [0.15, 0.2) is 11.6 Å². The lowest BCUT2D eigenvalue weighted by atomic mass is 9.99. The van der Waals surface area contributed by atoms with Crippen molar-refractivity contribution in [3.8, 4) is 28.7 Å². The van der Waals surface area contributed by atoms with Crippen LogP contribution in [0.5, 0.6) is 0 Å². The van der Waals surface area contributed by atoms with Crippen molar-refractivity contribution in [1.29, 1.82) is 0 Å². The predicted octanol–water partition coefficient (Wildman–Crippen LogP) is 5.04. The van der Waals surface area contributed by atoms with E-state index >= 15 is 0 Å². The van der Waals surface area contributed by atoms with Crippen LogP contribution in [0.4, 0.5) is 0 Å². The Morgan fingerprint density at radius 2 is 1.93 bits per heavy atom. The standard InChI is InChI=1S/C31H29ClN6O2S/c1-19-20(2)41-31-28(19)29(23-10-12-24(32)13-11-23)35-26(30-37-36-21(3)38(30)31)17-27(39)34-15-7-5-9-25-16-22(18-40-25)8-4-6-14-33/h10-13,16,18,26H,6-7,14-15,17,33H2,1-3H3,(H,34,39)/t26-/m0/s1. The molecule has 0 saturated carbocycles. The Morgan fingerprint density at radius 1 is 1.15 bits per heavy atom. The van der Waals surface area contributed by atoms with Crippen molar-refractivity contribution >= 4 is 34.6 Å². The Bertz CT molecular complexity index is 1740. The molecule has 4 heterocycles. The highest BCUT2D eigenvalue weighted by Crippen LogP contribution is 2.39. The lowest BCUT2D eigenvalue weighted by Crippen LogP contribution is -2.26. The van der Waals surface area contributed by atoms with E-state index in [2.05, 4.69) is 53.0 Å². The highest BCUT2D eigenvalue weighted by Gasteiger charge is 2.32. The molecular weight excluding hydrogens is 556 g/mol. The molecule has 41 heavy (non-hydrogen) atoms. The number of thiophene rings is 1. The number of rotatable bonds is 6. The Morgan fingerprint density at radius 3 is 2.71 bits per heavy atom. The zero-order chi connectivity index (χ0) is 28.9. The van der Waals surface area contributed by atoms with Crippen LogP contribution in [0, 0.1) is 44.5 Å². The number of hydrogen-bond donors (Lipinski definition) is 2. The molecule has 1 aliphatic rings. The molecule has 5 rings (SSSR count). The van der Waals surface area contributed by atoms with E-state index in [0.29, 0.717) is 42.5 Å². The number of aryl methyl sites for hydroxylation is 2. The first-order chi connectivity index (χ1) is 19.9. The maximum atomic E-state index is 13.1. The minimum Gasteiger partial charge on any atom is -0.455 e. The average Bonchev–Trinajstić information content (AvgIpc) is 3.62. The number of nitrogens with one attached hydrogen (secondary N) is 1. The molecule has 208 valence electrons. The zero-order valence-corrected chi connectivity index (χ0v) is 24.6. The lowest BCUT2D eigenvalue weighted by Gasteiger charge is -2.13. The summed E-state index contributed by atoms with van der Waals surface area (Å²) in [7, 11) is 0. The number of carbonyl (C=O) groups is 1. The van der Waals surface area contributed by atoms with E-state index in [4.69, 9.17) is 26.7 Å². The SMILES string of the molecule is Cc1sc2c(c1C)C(c1ccc(Cl)cc1)=N[C@@H](CC(=O)NCCC#Cc1cc(C#CCCN)co1)c1nnc(C)n1-2. The molecule has 1 amide bonds. The highest BCUT2D eigenvalue weighted by atomic mass is 35.5. The summed E-state index contributed by atoms with van der Waals surface area (Å²) in [5, 5.41) is 13.4. The maximum Gasteiger partial charge on any atom is 0.222 e. The van der Waals surface area contributed by atoms with Crippen molar-refractivity contribution in [3.63, 3.8) is 0 Å². The Labute approximate surface area is 248 Å². The van der Waals surface area contributed by atoms with Gasteiger partial charge in [-0.05, 0) is 44.4 Å². The minimum absolute atomic E-state index is 0.124. The Kier molecular flexibility index (Phi) is 8.70. The third kappa shape index (κ3) is 6.28. The van der Waals surface area contributed by atoms with Crippen molar-refractivity contribution < 1.29 is 9.21 Å². The summed E-state index contributed by atoms with van der Waals surface area (Å²) in [5.74, 6) is 13.7. The third-order valence-electron chi connectivity index (χ3n) is 6.62. The number of aromatic nitrogens is 3. The topological polar surface area (TPSA) is 111 Å². The Hall–Kier alpha value is -4.15. The normalized spacial score (nSPS) is 13.6. The molecule has 0 radical (unpaired) electrons. The fraction of sp³-hybridized carbons (Fsp3) is 0.290. The molecule has 0 unspecified atom stereocenters. The second-order valence-corrected chi connectivity index (χ2v) is 11.2. The summed E-state index contributed by atoms with van der Waals surface area (Å²) in [6, 6.07) is 8.89. The number of nitrogens with zero attached hydrogens (tertiary/aromatic N) is 4. The summed E-state index contributed by atoms with van der Waals surface area (Å²) < 4.78 is 7.46. The van der Waals surface area contributed by atoms with Crippen LogP contribution in [-0.4, -0.2) is 39.5 Å². The fourth-order valence-corrected chi connectivity index (χ4v) is 5.84. The predicted molar refractivity (Wildman–Crippen MR) is 162 cm³/mol. The van der Waals surface area contributed by atoms with E-state index in [1.807, 2.05) is 35.8 Å². The number of benzene rings is 1. The van der Waals surface area contributed by atoms with E-state index in [1.165, 1.54) is 4.88 Å². The van der Waals surface area contributed by atoms with Gasteiger partial charge in [0, 0.05) is 53.0 Å². The van der Waals surface area contributed by atoms with Crippen LogP contribution < -0.4 is 11.1 Å². The minimum atomic E-state index is -0.519. The average molecular weight is 585 g/mol. The van der Waals surface area contributed by atoms with Crippen molar-refractivity contribution in [2.24, 2.45) is 10.7 Å². The molecule has 3 aromatic heterocycles. The van der Waals surface area contributed by atoms with Crippen LogP contribution in [0.15, 0.2) is 46.0 Å². The molecule has 1 aromatic carbocycles. The van der Waals surface area contributed by atoms with Crippen molar-refractivity contribution in [1.82, 2.24) is 20.1 Å². The first-order valence-corrected chi connectivity index (χ1v) is 14.4. The molecule has 0 aliphatic carbocycles. The van der Waals surface area contributed by atoms with Gasteiger partial charge in [-0.3, -0.25) is 14.4 Å². The van der Waals surface area contributed by atoms with Gasteiger partial charge >= 0.3 is 0 Å². The van der Waals surface area contributed by atoms with Crippen molar-refractivity contribution in [2.75, 3.05) is 13.1 Å². The van der Waals surface area contributed by atoms with Gasteiger partial charge in [0.05, 0.1) is 17.7 Å². The first kappa shape index (κ1) is 28.4. The number of fused-ring (bicyclic) bond motifs is 3. The number of halogens is 1. The van der Waals surface area contributed by atoms with Crippen LogP contribution >= 0.6 is 22.9 Å². The van der Waals surface area contributed by atoms with Crippen LogP contribution in [0.3, 0.4) is 0 Å². The molecule has 1 atom stereocenters. The highest BCUT2D eigenvalue weighted by molar-refractivity contribution is 7.15. The number of amides is 1. The lowest BCUT2D eigenvalue weighted by molar-refractivity contribution is -0.121. The number of carbonyl (C=O) groups excluding carboxylic acids is 1. The number of hydrogen-bond acceptors (Lipinski definition) is 7. The molecule has 0 spiro atoms. The van der Waals surface area contributed by atoms with Gasteiger partial charge in [-0.2, -0.15) is 0 Å². The van der Waals surface area contributed by atoms with E-state index in [1.54, 1.807) is 23.7 Å². The van der Waals surface area contributed by atoms with Gasteiger partial charge in [-0.15, -0.1) is 21.5 Å². The molecule has 3 N–H and O–H groups in total. The van der Waals surface area contributed by atoms with Gasteiger partial charge in [0.1, 0.15) is 23.1 Å². The van der Waals surface area contributed by atoms with Crippen LogP contribution in [0.1, 0.15) is 69.8 Å². The summed E-state index contributed by atoms with van der Waals surface area (Å²) in [4.78, 5) is 19.4. The molecular formula is C31H29ClN6O2S. The Balaban J connectivity index is 1.33. The molecule has 0 saturated heterocycles. The van der Waals surface area contributed by atoms with Gasteiger partial charge in [-0.25, -0.2) is 0 Å². The van der Waals surface area contributed by atoms with Crippen molar-refractivity contribution in [3.05, 3.63) is 86.2 Å². The van der Waals surface area contributed by atoms with E-state index in [9.17, 15) is 4.79 Å². The van der Waals surface area contributed by atoms with E-state index < -0.39 is 6.04 Å². The number of furan rings is 1. The fourth-order valence-electron chi connectivity index (χ4n) is 4.50. The summed E-state index contributed by atoms with van der Waals surface area (Å²) in [5.41, 5.74) is 10.1. The largest absolute Gasteiger partial charge is 0.455 e. The number of nitrogens with two attached hydrogens (primary N) is 1. The summed E-state index contributed by atoms with van der Waals surface area (Å²) in [6.07, 6.45) is 2.80. The van der Waals surface area contributed by atoms with Crippen molar-refractivity contribution in [2.45, 2.75) is 46.1 Å². The second-order valence-electron chi connectivity index (χ2n) is 9.55. The van der Waals surface area contributed by atoms with Crippen LogP contribution in [-0.2, 0) is 4.79 Å². The molecule has 0 bridgehead atoms. The number of aliphatic imine (C=N–C) groups is 1. The maximum absolute atomic E-state index is 13.1. The monoisotopic (exact) mass is 584 g/mol. The molecule has 8 nitrogen and oxygen atoms in total. The van der Waals surface area contributed by atoms with E-state index in [-0.39, 0.29) is 12.3 Å². The van der Waals surface area contributed by atoms with Gasteiger partial charge in [0.25, 0.3) is 0 Å². The van der Waals surface area contributed by atoms with Crippen LogP contribution in [0.2, 0.25) is 5.02 Å². The zero-order valence-electron chi connectivity index (χ0n) is 23.0. The van der Waals surface area contributed by atoms with E-state index in [0.717, 1.165) is 38.8 Å². The van der Waals surface area contributed by atoms with Gasteiger partial charge in [-0.1, -0.05) is 41.5 Å². The molecule has 4 aromatic rings. The first-order valence-electron chi connectivity index (χ1n) is 13.2. The quantitative estimate of drug-likeness (QED) is 0.244. The molecule has 10 heteroatoms. The smallest absolute Gasteiger partial charge is 0.222 e. The van der Waals surface area contributed by atoms with Crippen LogP contribution in [0.25, 0.3) is 5.00 Å². The van der Waals surface area contributed by atoms with Gasteiger partial charge < -0.3 is 15.5 Å². The molecule has 1 aliphatic heterocycles. The summed E-state index contributed by atoms with van der Waals surface area (Å²) in [6.45, 7) is 7.04. The summed E-state index contributed by atoms with van der Waals surface area (Å²) >= 11 is 7.86.